The van der Waals surface area contributed by atoms with Gasteiger partial charge in [0.1, 0.15) is 0 Å². The maximum Gasteiger partial charge on any atom is 0.159 e. The second kappa shape index (κ2) is 5.65. The van der Waals surface area contributed by atoms with E-state index in [2.05, 4.69) is 38.5 Å². The molecule has 0 bridgehead atoms. The predicted octanol–water partition coefficient (Wildman–Crippen LogP) is 5.36. The highest BCUT2D eigenvalue weighted by molar-refractivity contribution is 14.1. The molecule has 0 spiro atoms. The summed E-state index contributed by atoms with van der Waals surface area (Å²) in [5.41, 5.74) is 2.93. The van der Waals surface area contributed by atoms with Crippen molar-refractivity contribution in [3.63, 3.8) is 0 Å². The summed E-state index contributed by atoms with van der Waals surface area (Å²) >= 11 is 5.81. The summed E-state index contributed by atoms with van der Waals surface area (Å²) in [6.45, 7) is 2.02. The van der Waals surface area contributed by atoms with Crippen molar-refractivity contribution in [3.05, 3.63) is 68.3 Å². The molecule has 0 aliphatic carbocycles. The quantitative estimate of drug-likeness (QED) is 0.451. The number of hydrogen-bond donors (Lipinski definition) is 0. The van der Waals surface area contributed by atoms with Gasteiger partial charge in [0, 0.05) is 3.57 Å². The topological polar surface area (TPSA) is 0 Å². The molecule has 0 aromatic heterocycles. The van der Waals surface area contributed by atoms with Crippen molar-refractivity contribution in [3.8, 4) is 0 Å². The second-order valence-electron chi connectivity index (χ2n) is 4.01. The van der Waals surface area contributed by atoms with Gasteiger partial charge in [0.05, 0.1) is 4.83 Å². The maximum absolute atomic E-state index is 13.2. The van der Waals surface area contributed by atoms with Gasteiger partial charge < -0.3 is 0 Å². The molecule has 1 atom stereocenters. The molecule has 2 rings (SSSR count). The largest absolute Gasteiger partial charge is 0.204 e. The smallest absolute Gasteiger partial charge is 0.159 e. The Kier molecular flexibility index (Phi) is 4.37. The summed E-state index contributed by atoms with van der Waals surface area (Å²) in [4.78, 5) is -0.139. The average Bonchev–Trinajstić information content (AvgIpc) is 2.35. The van der Waals surface area contributed by atoms with Crippen LogP contribution in [0.2, 0.25) is 0 Å². The summed E-state index contributed by atoms with van der Waals surface area (Å²) < 4.78 is 27.3. The van der Waals surface area contributed by atoms with Crippen molar-refractivity contribution in [2.45, 2.75) is 11.8 Å². The summed E-state index contributed by atoms with van der Waals surface area (Å²) in [7, 11) is 0. The van der Waals surface area contributed by atoms with Crippen LogP contribution < -0.4 is 0 Å². The zero-order valence-electron chi connectivity index (χ0n) is 9.55. The second-order valence-corrected chi connectivity index (χ2v) is 6.01. The van der Waals surface area contributed by atoms with Crippen LogP contribution in [0.1, 0.15) is 21.5 Å². The fourth-order valence-electron chi connectivity index (χ4n) is 1.72. The highest BCUT2D eigenvalue weighted by Crippen LogP contribution is 2.35. The monoisotopic (exact) mass is 422 g/mol. The van der Waals surface area contributed by atoms with Crippen LogP contribution in [0.15, 0.2) is 36.4 Å². The molecule has 0 aliphatic rings. The van der Waals surface area contributed by atoms with E-state index in [0.29, 0.717) is 5.56 Å². The fourth-order valence-corrected chi connectivity index (χ4v) is 3.48. The van der Waals surface area contributed by atoms with Crippen LogP contribution in [0.5, 0.6) is 0 Å². The first-order valence-corrected chi connectivity index (χ1v) is 7.34. The molecule has 0 saturated carbocycles. The molecule has 2 aromatic rings. The highest BCUT2D eigenvalue weighted by atomic mass is 127. The van der Waals surface area contributed by atoms with E-state index in [-0.39, 0.29) is 4.83 Å². The van der Waals surface area contributed by atoms with Gasteiger partial charge in [-0.15, -0.1) is 0 Å². The minimum atomic E-state index is -0.822. The molecule has 2 aromatic carbocycles. The molecule has 94 valence electrons. The Hall–Kier alpha value is -0.490. The van der Waals surface area contributed by atoms with Gasteiger partial charge in [-0.3, -0.25) is 0 Å². The van der Waals surface area contributed by atoms with Crippen molar-refractivity contribution >= 4 is 38.5 Å². The van der Waals surface area contributed by atoms with Crippen LogP contribution in [0.25, 0.3) is 0 Å². The van der Waals surface area contributed by atoms with Crippen molar-refractivity contribution in [1.29, 1.82) is 0 Å². The van der Waals surface area contributed by atoms with Crippen molar-refractivity contribution in [2.75, 3.05) is 0 Å². The molecule has 0 radical (unpaired) electrons. The average molecular weight is 423 g/mol. The number of benzene rings is 2. The lowest BCUT2D eigenvalue weighted by atomic mass is 10.0. The van der Waals surface area contributed by atoms with Crippen LogP contribution in [-0.4, -0.2) is 0 Å². The maximum atomic E-state index is 13.2. The molecule has 0 aliphatic heterocycles. The van der Waals surface area contributed by atoms with Crippen LogP contribution in [0.4, 0.5) is 8.78 Å². The van der Waals surface area contributed by atoms with E-state index in [9.17, 15) is 8.78 Å². The summed E-state index contributed by atoms with van der Waals surface area (Å²) in [5.74, 6) is -1.64. The highest BCUT2D eigenvalue weighted by Gasteiger charge is 2.16. The minimum Gasteiger partial charge on any atom is -0.204 e. The van der Waals surface area contributed by atoms with Crippen molar-refractivity contribution < 1.29 is 8.78 Å². The first-order valence-electron chi connectivity index (χ1n) is 5.34. The van der Waals surface area contributed by atoms with Gasteiger partial charge in [-0.2, -0.15) is 0 Å². The van der Waals surface area contributed by atoms with Crippen LogP contribution >= 0.6 is 38.5 Å². The van der Waals surface area contributed by atoms with Gasteiger partial charge in [0.25, 0.3) is 0 Å². The Labute approximate surface area is 127 Å². The molecular weight excluding hydrogens is 413 g/mol. The Balaban J connectivity index is 2.44. The van der Waals surface area contributed by atoms with E-state index in [0.717, 1.165) is 15.2 Å². The van der Waals surface area contributed by atoms with Crippen LogP contribution in [0, 0.1) is 22.1 Å². The third-order valence-electron chi connectivity index (χ3n) is 2.73. The standard InChI is InChI=1S/C14H10BrF2I/c1-8-3-2-4-10(14(8)18)13(15)9-5-6-11(16)12(17)7-9/h2-7,13H,1H3. The number of halogens is 4. The number of alkyl halides is 1. The molecule has 1 unspecified atom stereocenters. The summed E-state index contributed by atoms with van der Waals surface area (Å²) in [6.07, 6.45) is 0. The molecule has 0 N–H and O–H groups in total. The Morgan fingerprint density at radius 2 is 1.83 bits per heavy atom. The van der Waals surface area contributed by atoms with Crippen LogP contribution in [-0.2, 0) is 0 Å². The Morgan fingerprint density at radius 3 is 2.50 bits per heavy atom. The Morgan fingerprint density at radius 1 is 1.11 bits per heavy atom. The summed E-state index contributed by atoms with van der Waals surface area (Å²) in [6, 6.07) is 9.94. The molecular formula is C14H10BrF2I. The van der Waals surface area contributed by atoms with E-state index in [1.165, 1.54) is 11.6 Å². The SMILES string of the molecule is Cc1cccc(C(Br)c2ccc(F)c(F)c2)c1I. The normalized spacial score (nSPS) is 12.5. The van der Waals surface area contributed by atoms with Crippen molar-refractivity contribution in [1.82, 2.24) is 0 Å². The molecule has 0 fully saturated rings. The molecule has 0 saturated heterocycles. The zero-order chi connectivity index (χ0) is 13.3. The van der Waals surface area contributed by atoms with Crippen LogP contribution in [0.3, 0.4) is 0 Å². The Bertz CT molecular complexity index is 584. The van der Waals surface area contributed by atoms with Gasteiger partial charge >= 0.3 is 0 Å². The predicted molar refractivity (Wildman–Crippen MR) is 81.0 cm³/mol. The van der Waals surface area contributed by atoms with E-state index in [4.69, 9.17) is 0 Å². The molecule has 18 heavy (non-hydrogen) atoms. The minimum absolute atomic E-state index is 0.139. The van der Waals surface area contributed by atoms with Gasteiger partial charge in [-0.05, 0) is 58.3 Å². The first-order chi connectivity index (χ1) is 8.50. The number of hydrogen-bond acceptors (Lipinski definition) is 0. The number of rotatable bonds is 2. The third-order valence-corrected chi connectivity index (χ3v) is 5.23. The van der Waals surface area contributed by atoms with Gasteiger partial charge in [0.2, 0.25) is 0 Å². The van der Waals surface area contributed by atoms with Gasteiger partial charge in [-0.25, -0.2) is 8.78 Å². The van der Waals surface area contributed by atoms with E-state index < -0.39 is 11.6 Å². The van der Waals surface area contributed by atoms with Crippen molar-refractivity contribution in [2.24, 2.45) is 0 Å². The fraction of sp³-hybridized carbons (Fsp3) is 0.143. The van der Waals surface area contributed by atoms with E-state index in [1.807, 2.05) is 25.1 Å². The number of aryl methyl sites for hydroxylation is 1. The summed E-state index contributed by atoms with van der Waals surface area (Å²) in [5, 5.41) is 0. The molecule has 0 heterocycles. The molecule has 4 heteroatoms. The van der Waals surface area contributed by atoms with Gasteiger partial charge in [0.15, 0.2) is 11.6 Å². The molecule has 0 nitrogen and oxygen atoms in total. The lowest BCUT2D eigenvalue weighted by molar-refractivity contribution is 0.507. The molecule has 0 amide bonds. The lowest BCUT2D eigenvalue weighted by Crippen LogP contribution is -1.99. The zero-order valence-corrected chi connectivity index (χ0v) is 13.3. The van der Waals surface area contributed by atoms with E-state index in [1.54, 1.807) is 6.07 Å². The van der Waals surface area contributed by atoms with Gasteiger partial charge in [-0.1, -0.05) is 40.2 Å². The van der Waals surface area contributed by atoms with E-state index >= 15 is 0 Å². The first kappa shape index (κ1) is 13.9. The third kappa shape index (κ3) is 2.74. The lowest BCUT2D eigenvalue weighted by Gasteiger charge is -2.14.